The van der Waals surface area contributed by atoms with Crippen LogP contribution in [0.3, 0.4) is 0 Å². The van der Waals surface area contributed by atoms with Crippen molar-refractivity contribution in [2.24, 2.45) is 5.92 Å². The maximum absolute atomic E-state index is 12.3. The van der Waals surface area contributed by atoms with Gasteiger partial charge in [0.1, 0.15) is 5.69 Å². The number of anilines is 1. The van der Waals surface area contributed by atoms with Gasteiger partial charge in [0.25, 0.3) is 5.91 Å². The Balaban J connectivity index is 1.51. The van der Waals surface area contributed by atoms with Crippen LogP contribution < -0.4 is 10.2 Å². The van der Waals surface area contributed by atoms with Gasteiger partial charge >= 0.3 is 0 Å². The third-order valence-corrected chi connectivity index (χ3v) is 5.13. The molecule has 27 heavy (non-hydrogen) atoms. The standard InChI is InChI=1S/C22H29N3O2/c1-27-15-5-11-24-22(26)21-17-20(8-12-23-21)25-13-9-19(10-14-25)16-18-6-3-2-4-7-18/h2-4,6-8,12,17,19H,5,9-11,13-16H2,1H3,(H,24,26). The fourth-order valence-corrected chi connectivity index (χ4v) is 3.59. The van der Waals surface area contributed by atoms with Crippen LogP contribution in [0.1, 0.15) is 35.3 Å². The van der Waals surface area contributed by atoms with Crippen LogP contribution in [-0.4, -0.2) is 44.2 Å². The highest BCUT2D eigenvalue weighted by atomic mass is 16.5. The fraction of sp³-hybridized carbons (Fsp3) is 0.455. The minimum atomic E-state index is -0.119. The van der Waals surface area contributed by atoms with Gasteiger partial charge in [0.15, 0.2) is 0 Å². The number of methoxy groups -OCH3 is 1. The lowest BCUT2D eigenvalue weighted by Crippen LogP contribution is -2.34. The average molecular weight is 367 g/mol. The number of carbonyl (C=O) groups is 1. The van der Waals surface area contributed by atoms with Gasteiger partial charge < -0.3 is 15.0 Å². The van der Waals surface area contributed by atoms with Crippen LogP contribution in [0.25, 0.3) is 0 Å². The van der Waals surface area contributed by atoms with E-state index in [1.807, 2.05) is 12.1 Å². The fourth-order valence-electron chi connectivity index (χ4n) is 3.59. The highest BCUT2D eigenvalue weighted by molar-refractivity contribution is 5.93. The van der Waals surface area contributed by atoms with Gasteiger partial charge in [0.05, 0.1) is 0 Å². The van der Waals surface area contributed by atoms with E-state index in [2.05, 4.69) is 45.5 Å². The van der Waals surface area contributed by atoms with Crippen LogP contribution >= 0.6 is 0 Å². The number of carbonyl (C=O) groups excluding carboxylic acids is 1. The van der Waals surface area contributed by atoms with Crippen molar-refractivity contribution >= 4 is 11.6 Å². The lowest BCUT2D eigenvalue weighted by Gasteiger charge is -2.33. The number of piperidine rings is 1. The molecule has 1 aliphatic rings. The summed E-state index contributed by atoms with van der Waals surface area (Å²) in [6.07, 6.45) is 6.04. The second-order valence-corrected chi connectivity index (χ2v) is 7.12. The summed E-state index contributed by atoms with van der Waals surface area (Å²) in [5.74, 6) is 0.612. The summed E-state index contributed by atoms with van der Waals surface area (Å²) >= 11 is 0. The molecular weight excluding hydrogens is 338 g/mol. The van der Waals surface area contributed by atoms with Gasteiger partial charge in [-0.2, -0.15) is 0 Å². The van der Waals surface area contributed by atoms with E-state index in [1.54, 1.807) is 13.3 Å². The number of hydrogen-bond donors (Lipinski definition) is 1. The topological polar surface area (TPSA) is 54.5 Å². The predicted molar refractivity (Wildman–Crippen MR) is 108 cm³/mol. The molecule has 1 aromatic carbocycles. The summed E-state index contributed by atoms with van der Waals surface area (Å²) in [5, 5.41) is 2.90. The summed E-state index contributed by atoms with van der Waals surface area (Å²) in [5.41, 5.74) is 2.99. The molecule has 1 fully saturated rings. The zero-order chi connectivity index (χ0) is 18.9. The molecule has 1 aliphatic heterocycles. The summed E-state index contributed by atoms with van der Waals surface area (Å²) in [6, 6.07) is 14.6. The summed E-state index contributed by atoms with van der Waals surface area (Å²) in [4.78, 5) is 18.9. The SMILES string of the molecule is COCCCNC(=O)c1cc(N2CCC(Cc3ccccc3)CC2)ccn1. The Kier molecular flexibility index (Phi) is 7.22. The number of hydrogen-bond acceptors (Lipinski definition) is 4. The number of aromatic nitrogens is 1. The van der Waals surface area contributed by atoms with E-state index in [0.29, 0.717) is 18.8 Å². The first-order chi connectivity index (χ1) is 13.3. The molecule has 1 amide bonds. The van der Waals surface area contributed by atoms with Gasteiger partial charge in [-0.1, -0.05) is 30.3 Å². The van der Waals surface area contributed by atoms with Crippen LogP contribution in [0, 0.1) is 5.92 Å². The third kappa shape index (κ3) is 5.79. The summed E-state index contributed by atoms with van der Waals surface area (Å²) in [6.45, 7) is 3.29. The van der Waals surface area contributed by atoms with Crippen molar-refractivity contribution in [3.05, 3.63) is 59.9 Å². The number of rotatable bonds is 8. The molecule has 1 aromatic heterocycles. The molecule has 2 heterocycles. The van der Waals surface area contributed by atoms with Gasteiger partial charge in [-0.05, 0) is 49.3 Å². The van der Waals surface area contributed by atoms with Crippen molar-refractivity contribution in [1.29, 1.82) is 0 Å². The van der Waals surface area contributed by atoms with Crippen LogP contribution in [0.15, 0.2) is 48.7 Å². The molecule has 0 aliphatic carbocycles. The molecule has 2 aromatic rings. The van der Waals surface area contributed by atoms with Gasteiger partial charge in [-0.3, -0.25) is 9.78 Å². The molecule has 1 N–H and O–H groups in total. The maximum atomic E-state index is 12.3. The Morgan fingerprint density at radius 3 is 2.74 bits per heavy atom. The smallest absolute Gasteiger partial charge is 0.269 e. The minimum absolute atomic E-state index is 0.119. The van der Waals surface area contributed by atoms with E-state index in [1.165, 1.54) is 18.4 Å². The quantitative estimate of drug-likeness (QED) is 0.728. The highest BCUT2D eigenvalue weighted by Gasteiger charge is 2.20. The molecule has 0 saturated carbocycles. The Morgan fingerprint density at radius 2 is 2.00 bits per heavy atom. The molecule has 1 saturated heterocycles. The first-order valence-corrected chi connectivity index (χ1v) is 9.78. The molecule has 0 spiro atoms. The van der Waals surface area contributed by atoms with Crippen LogP contribution in [-0.2, 0) is 11.2 Å². The second-order valence-electron chi connectivity index (χ2n) is 7.12. The average Bonchev–Trinajstić information content (AvgIpc) is 2.72. The first-order valence-electron chi connectivity index (χ1n) is 9.78. The van der Waals surface area contributed by atoms with Crippen molar-refractivity contribution < 1.29 is 9.53 Å². The summed E-state index contributed by atoms with van der Waals surface area (Å²) in [7, 11) is 1.66. The van der Waals surface area contributed by atoms with Gasteiger partial charge in [-0.25, -0.2) is 0 Å². The van der Waals surface area contributed by atoms with E-state index >= 15 is 0 Å². The summed E-state index contributed by atoms with van der Waals surface area (Å²) < 4.78 is 5.00. The van der Waals surface area contributed by atoms with E-state index in [0.717, 1.165) is 37.5 Å². The van der Waals surface area contributed by atoms with E-state index in [-0.39, 0.29) is 5.91 Å². The van der Waals surface area contributed by atoms with Crippen LogP contribution in [0.2, 0.25) is 0 Å². The van der Waals surface area contributed by atoms with Crippen molar-refractivity contribution in [2.45, 2.75) is 25.7 Å². The zero-order valence-electron chi connectivity index (χ0n) is 16.1. The van der Waals surface area contributed by atoms with E-state index in [9.17, 15) is 4.79 Å². The highest BCUT2D eigenvalue weighted by Crippen LogP contribution is 2.25. The molecule has 144 valence electrons. The lowest BCUT2D eigenvalue weighted by molar-refractivity contribution is 0.0943. The maximum Gasteiger partial charge on any atom is 0.269 e. The third-order valence-electron chi connectivity index (χ3n) is 5.13. The Labute approximate surface area is 161 Å². The number of benzene rings is 1. The number of nitrogens with zero attached hydrogens (tertiary/aromatic N) is 2. The second kappa shape index (κ2) is 10.1. The minimum Gasteiger partial charge on any atom is -0.385 e. The molecule has 5 heteroatoms. The number of pyridine rings is 1. The Morgan fingerprint density at radius 1 is 1.22 bits per heavy atom. The van der Waals surface area contributed by atoms with E-state index < -0.39 is 0 Å². The molecule has 0 atom stereocenters. The zero-order valence-corrected chi connectivity index (χ0v) is 16.1. The van der Waals surface area contributed by atoms with E-state index in [4.69, 9.17) is 4.74 Å². The Bertz CT molecular complexity index is 713. The van der Waals surface area contributed by atoms with Gasteiger partial charge in [0, 0.05) is 45.2 Å². The van der Waals surface area contributed by atoms with Gasteiger partial charge in [0.2, 0.25) is 0 Å². The molecule has 0 unspecified atom stereocenters. The number of ether oxygens (including phenoxy) is 1. The van der Waals surface area contributed by atoms with Gasteiger partial charge in [-0.15, -0.1) is 0 Å². The Hall–Kier alpha value is -2.40. The molecule has 0 radical (unpaired) electrons. The monoisotopic (exact) mass is 367 g/mol. The van der Waals surface area contributed by atoms with Crippen molar-refractivity contribution in [1.82, 2.24) is 10.3 Å². The van der Waals surface area contributed by atoms with Crippen LogP contribution in [0.4, 0.5) is 5.69 Å². The van der Waals surface area contributed by atoms with Crippen LogP contribution in [0.5, 0.6) is 0 Å². The normalized spacial score (nSPS) is 14.9. The van der Waals surface area contributed by atoms with Crippen molar-refractivity contribution in [3.8, 4) is 0 Å². The number of amides is 1. The predicted octanol–water partition coefficient (Wildman–Crippen LogP) is 3.31. The number of nitrogens with one attached hydrogen (secondary N) is 1. The molecule has 3 rings (SSSR count). The lowest BCUT2D eigenvalue weighted by atomic mass is 9.90. The van der Waals surface area contributed by atoms with Crippen molar-refractivity contribution in [3.63, 3.8) is 0 Å². The molecular formula is C22H29N3O2. The molecule has 5 nitrogen and oxygen atoms in total. The van der Waals surface area contributed by atoms with Crippen molar-refractivity contribution in [2.75, 3.05) is 38.3 Å². The molecule has 0 bridgehead atoms. The largest absolute Gasteiger partial charge is 0.385 e. The first kappa shape index (κ1) is 19.4.